The van der Waals surface area contributed by atoms with Crippen LogP contribution >= 0.6 is 11.6 Å². The topological polar surface area (TPSA) is 55.0 Å². The molecule has 1 fully saturated rings. The van der Waals surface area contributed by atoms with Gasteiger partial charge in [0.1, 0.15) is 5.71 Å². The number of carbonyl (C=O) groups excluding carboxylic acids is 1. The smallest absolute Gasteiger partial charge is 0.416 e. The summed E-state index contributed by atoms with van der Waals surface area (Å²) >= 11 is 5.81. The molecule has 31 heavy (non-hydrogen) atoms. The Morgan fingerprint density at radius 2 is 1.97 bits per heavy atom. The zero-order chi connectivity index (χ0) is 22.0. The van der Waals surface area contributed by atoms with Gasteiger partial charge in [0.15, 0.2) is 17.1 Å². The highest BCUT2D eigenvalue weighted by Crippen LogP contribution is 2.31. The van der Waals surface area contributed by atoms with Crippen molar-refractivity contribution < 1.29 is 27.2 Å². The minimum absolute atomic E-state index is 0.0481. The Kier molecular flexibility index (Phi) is 6.27. The number of carbonyl (C=O) groups is 1. The van der Waals surface area contributed by atoms with Gasteiger partial charge in [-0.2, -0.15) is 13.2 Å². The van der Waals surface area contributed by atoms with Gasteiger partial charge in [-0.05, 0) is 54.3 Å². The van der Waals surface area contributed by atoms with E-state index in [1.165, 1.54) is 6.07 Å². The number of hydrogen-bond donors (Lipinski definition) is 0. The van der Waals surface area contributed by atoms with Crippen LogP contribution in [0.4, 0.5) is 13.2 Å². The number of hydrogen-bond acceptors (Lipinski definition) is 4. The second kappa shape index (κ2) is 8.94. The number of nitrogens with zero attached hydrogens (tertiary/aromatic N) is 2. The van der Waals surface area contributed by atoms with E-state index in [1.54, 1.807) is 23.1 Å². The fourth-order valence-electron chi connectivity index (χ4n) is 4.12. The number of benzene rings is 1. The second-order valence-electron chi connectivity index (χ2n) is 7.97. The first kappa shape index (κ1) is 21.7. The molecule has 5 nitrogen and oxygen atoms in total. The summed E-state index contributed by atoms with van der Waals surface area (Å²) in [5.41, 5.74) is 0.290. The van der Waals surface area contributed by atoms with Crippen molar-refractivity contribution in [2.45, 2.75) is 50.9 Å². The van der Waals surface area contributed by atoms with Crippen molar-refractivity contribution in [1.82, 2.24) is 4.90 Å². The summed E-state index contributed by atoms with van der Waals surface area (Å²) in [5, 5.41) is 4.28. The predicted molar refractivity (Wildman–Crippen MR) is 109 cm³/mol. The molecule has 1 aromatic heterocycles. The SMILES string of the molecule is O=C(C1CCCC1)N(Cc1cccc(C(F)(F)F)c1)C[C@H]1CC(c2ccc(Cl)o2)=NO1. The van der Waals surface area contributed by atoms with Crippen LogP contribution in [-0.4, -0.2) is 29.2 Å². The minimum Gasteiger partial charge on any atom is -0.443 e. The third-order valence-corrected chi connectivity index (χ3v) is 5.86. The van der Waals surface area contributed by atoms with E-state index in [0.717, 1.165) is 37.8 Å². The zero-order valence-electron chi connectivity index (χ0n) is 16.7. The van der Waals surface area contributed by atoms with E-state index >= 15 is 0 Å². The summed E-state index contributed by atoms with van der Waals surface area (Å²) in [6.45, 7) is 0.314. The Morgan fingerprint density at radius 1 is 1.19 bits per heavy atom. The van der Waals surface area contributed by atoms with Crippen LogP contribution in [-0.2, 0) is 22.4 Å². The minimum atomic E-state index is -4.43. The highest BCUT2D eigenvalue weighted by molar-refractivity contribution is 6.29. The van der Waals surface area contributed by atoms with Gasteiger partial charge in [0, 0.05) is 18.9 Å². The number of furan rings is 1. The molecule has 0 unspecified atom stereocenters. The van der Waals surface area contributed by atoms with Gasteiger partial charge in [-0.3, -0.25) is 4.79 Å². The van der Waals surface area contributed by atoms with Crippen molar-refractivity contribution in [2.75, 3.05) is 6.54 Å². The molecule has 9 heteroatoms. The van der Waals surface area contributed by atoms with Crippen LogP contribution in [0.2, 0.25) is 5.22 Å². The van der Waals surface area contributed by atoms with E-state index in [1.807, 2.05) is 0 Å². The fraction of sp³-hybridized carbons (Fsp3) is 0.455. The standard InChI is InChI=1S/C22H22ClF3N2O3/c23-20-9-8-19(30-20)18-11-17(31-27-18)13-28(21(29)15-5-1-2-6-15)12-14-4-3-7-16(10-14)22(24,25)26/h3-4,7-10,15,17H,1-2,5-6,11-13H2/t17-/m1/s1. The Labute approximate surface area is 182 Å². The van der Waals surface area contributed by atoms with Crippen LogP contribution in [0, 0.1) is 5.92 Å². The molecule has 1 aliphatic heterocycles. The maximum absolute atomic E-state index is 13.1. The molecule has 1 aliphatic carbocycles. The van der Waals surface area contributed by atoms with Crippen LogP contribution in [0.5, 0.6) is 0 Å². The Morgan fingerprint density at radius 3 is 2.65 bits per heavy atom. The second-order valence-corrected chi connectivity index (χ2v) is 8.34. The molecular weight excluding hydrogens is 433 g/mol. The molecule has 1 aromatic carbocycles. The first-order chi connectivity index (χ1) is 14.8. The highest BCUT2D eigenvalue weighted by atomic mass is 35.5. The van der Waals surface area contributed by atoms with E-state index in [4.69, 9.17) is 20.9 Å². The molecule has 1 saturated carbocycles. The number of halogens is 4. The van der Waals surface area contributed by atoms with Gasteiger partial charge in [-0.1, -0.05) is 30.1 Å². The average Bonchev–Trinajstić information content (AvgIpc) is 3.48. The molecule has 166 valence electrons. The maximum Gasteiger partial charge on any atom is 0.416 e. The summed E-state index contributed by atoms with van der Waals surface area (Å²) in [7, 11) is 0. The fourth-order valence-corrected chi connectivity index (χ4v) is 4.26. The molecule has 2 aromatic rings. The van der Waals surface area contributed by atoms with Crippen molar-refractivity contribution >= 4 is 23.2 Å². The van der Waals surface area contributed by atoms with Gasteiger partial charge in [0.2, 0.25) is 5.91 Å². The number of rotatable bonds is 6. The molecular formula is C22H22ClF3N2O3. The van der Waals surface area contributed by atoms with Gasteiger partial charge in [0.25, 0.3) is 0 Å². The first-order valence-corrected chi connectivity index (χ1v) is 10.6. The summed E-state index contributed by atoms with van der Waals surface area (Å²) < 4.78 is 44.7. The zero-order valence-corrected chi connectivity index (χ0v) is 17.5. The van der Waals surface area contributed by atoms with Crippen molar-refractivity contribution in [1.29, 1.82) is 0 Å². The van der Waals surface area contributed by atoms with E-state index in [-0.39, 0.29) is 30.1 Å². The Balaban J connectivity index is 1.48. The van der Waals surface area contributed by atoms with Gasteiger partial charge in [-0.15, -0.1) is 0 Å². The van der Waals surface area contributed by atoms with Crippen LogP contribution in [0.1, 0.15) is 49.0 Å². The highest BCUT2D eigenvalue weighted by Gasteiger charge is 2.33. The number of alkyl halides is 3. The molecule has 1 amide bonds. The largest absolute Gasteiger partial charge is 0.443 e. The van der Waals surface area contributed by atoms with Crippen LogP contribution in [0.3, 0.4) is 0 Å². The lowest BCUT2D eigenvalue weighted by atomic mass is 10.0. The molecule has 0 bridgehead atoms. The lowest BCUT2D eigenvalue weighted by Gasteiger charge is -2.28. The third kappa shape index (κ3) is 5.23. The van der Waals surface area contributed by atoms with Gasteiger partial charge in [-0.25, -0.2) is 0 Å². The summed E-state index contributed by atoms with van der Waals surface area (Å²) in [6, 6.07) is 8.39. The summed E-state index contributed by atoms with van der Waals surface area (Å²) in [5.74, 6) is 0.350. The molecule has 0 radical (unpaired) electrons. The van der Waals surface area contributed by atoms with E-state index in [0.29, 0.717) is 23.5 Å². The first-order valence-electron chi connectivity index (χ1n) is 10.2. The lowest BCUT2D eigenvalue weighted by Crippen LogP contribution is -2.40. The van der Waals surface area contributed by atoms with Crippen molar-refractivity contribution in [2.24, 2.45) is 11.1 Å². The lowest BCUT2D eigenvalue weighted by molar-refractivity contribution is -0.137. The third-order valence-electron chi connectivity index (χ3n) is 5.66. The molecule has 2 heterocycles. The van der Waals surface area contributed by atoms with Gasteiger partial charge < -0.3 is 14.2 Å². The summed E-state index contributed by atoms with van der Waals surface area (Å²) in [6.07, 6.45) is -0.846. The van der Waals surface area contributed by atoms with E-state index in [2.05, 4.69) is 5.16 Å². The number of amides is 1. The molecule has 0 spiro atoms. The summed E-state index contributed by atoms with van der Waals surface area (Å²) in [4.78, 5) is 20.2. The predicted octanol–water partition coefficient (Wildman–Crippen LogP) is 5.66. The van der Waals surface area contributed by atoms with Crippen LogP contribution < -0.4 is 0 Å². The Bertz CT molecular complexity index is 967. The van der Waals surface area contributed by atoms with E-state index in [9.17, 15) is 18.0 Å². The van der Waals surface area contributed by atoms with Gasteiger partial charge >= 0.3 is 6.18 Å². The quantitative estimate of drug-likeness (QED) is 0.565. The number of oxime groups is 1. The maximum atomic E-state index is 13.1. The van der Waals surface area contributed by atoms with Gasteiger partial charge in [0.05, 0.1) is 12.1 Å². The van der Waals surface area contributed by atoms with Crippen molar-refractivity contribution in [3.8, 4) is 0 Å². The normalized spacial score (nSPS) is 19.4. The molecule has 2 aliphatic rings. The Hall–Kier alpha value is -2.48. The molecule has 4 rings (SSSR count). The van der Waals surface area contributed by atoms with E-state index < -0.39 is 17.8 Å². The molecule has 1 atom stereocenters. The van der Waals surface area contributed by atoms with Crippen molar-refractivity contribution in [3.63, 3.8) is 0 Å². The van der Waals surface area contributed by atoms with Crippen LogP contribution in [0.15, 0.2) is 46.0 Å². The molecule has 0 saturated heterocycles. The molecule has 0 N–H and O–H groups in total. The van der Waals surface area contributed by atoms with Crippen LogP contribution in [0.25, 0.3) is 0 Å². The monoisotopic (exact) mass is 454 g/mol. The average molecular weight is 455 g/mol. The van der Waals surface area contributed by atoms with Crippen molar-refractivity contribution in [3.05, 3.63) is 58.5 Å².